The van der Waals surface area contributed by atoms with Crippen molar-refractivity contribution in [2.45, 2.75) is 13.2 Å². The second-order valence-corrected chi connectivity index (χ2v) is 7.14. The molecule has 4 rings (SSSR count). The van der Waals surface area contributed by atoms with Gasteiger partial charge >= 0.3 is 6.16 Å². The number of carboxylic acid groups (broad SMARTS) is 1. The molecule has 0 spiro atoms. The fraction of sp³-hybridized carbons (Fsp3) is 0.0870. The van der Waals surface area contributed by atoms with Crippen LogP contribution in [0.25, 0.3) is 10.9 Å². The average Bonchev–Trinajstić information content (AvgIpc) is 3.10. The summed E-state index contributed by atoms with van der Waals surface area (Å²) in [5.41, 5.74) is 2.65. The summed E-state index contributed by atoms with van der Waals surface area (Å²) in [6.45, 7) is 0.805. The first-order valence-corrected chi connectivity index (χ1v) is 9.51. The molecule has 0 aliphatic carbocycles. The topological polar surface area (TPSA) is 60.7 Å². The van der Waals surface area contributed by atoms with Crippen molar-refractivity contribution in [2.75, 3.05) is 0 Å². The van der Waals surface area contributed by atoms with Crippen molar-refractivity contribution >= 4 is 28.7 Å². The van der Waals surface area contributed by atoms with Gasteiger partial charge in [0.1, 0.15) is 23.9 Å². The Labute approximate surface area is 176 Å². The largest absolute Gasteiger partial charge is 0.511 e. The Morgan fingerprint density at radius 2 is 1.83 bits per heavy atom. The number of fused-ring (bicyclic) bond motifs is 1. The lowest BCUT2D eigenvalue weighted by Crippen LogP contribution is -2.04. The van der Waals surface area contributed by atoms with Crippen molar-refractivity contribution in [3.8, 4) is 11.5 Å². The van der Waals surface area contributed by atoms with E-state index in [1.165, 1.54) is 12.1 Å². The number of rotatable bonds is 6. The Morgan fingerprint density at radius 1 is 1.03 bits per heavy atom. The zero-order valence-electron chi connectivity index (χ0n) is 15.7. The van der Waals surface area contributed by atoms with Crippen LogP contribution in [0.3, 0.4) is 0 Å². The Morgan fingerprint density at radius 3 is 2.60 bits per heavy atom. The molecule has 0 aliphatic heterocycles. The van der Waals surface area contributed by atoms with Crippen molar-refractivity contribution in [1.29, 1.82) is 0 Å². The van der Waals surface area contributed by atoms with Crippen molar-refractivity contribution in [3.63, 3.8) is 0 Å². The Kier molecular flexibility index (Phi) is 5.59. The van der Waals surface area contributed by atoms with Crippen LogP contribution in [0.5, 0.6) is 11.5 Å². The van der Waals surface area contributed by atoms with Crippen LogP contribution in [0.4, 0.5) is 9.18 Å². The Hall–Kier alpha value is -3.51. The number of nitrogens with zero attached hydrogens (tertiary/aromatic N) is 1. The molecule has 0 bridgehead atoms. The third-order valence-corrected chi connectivity index (χ3v) is 4.85. The van der Waals surface area contributed by atoms with Gasteiger partial charge in [0, 0.05) is 27.7 Å². The summed E-state index contributed by atoms with van der Waals surface area (Å²) in [5.74, 6) is 0.651. The van der Waals surface area contributed by atoms with Crippen LogP contribution >= 0.6 is 11.6 Å². The zero-order chi connectivity index (χ0) is 21.1. The van der Waals surface area contributed by atoms with Crippen LogP contribution in [0.15, 0.2) is 72.9 Å². The maximum atomic E-state index is 13.1. The summed E-state index contributed by atoms with van der Waals surface area (Å²) >= 11 is 6.20. The predicted octanol–water partition coefficient (Wildman–Crippen LogP) is 6.12. The summed E-state index contributed by atoms with van der Waals surface area (Å²) in [6.07, 6.45) is 0.551. The first-order chi connectivity index (χ1) is 14.5. The molecular formula is C23H17ClFNO4. The van der Waals surface area contributed by atoms with Gasteiger partial charge in [0.15, 0.2) is 0 Å². The van der Waals surface area contributed by atoms with E-state index in [1.807, 2.05) is 29.0 Å². The number of hydrogen-bond donors (Lipinski definition) is 1. The van der Waals surface area contributed by atoms with Crippen LogP contribution in [-0.2, 0) is 13.2 Å². The maximum Gasteiger partial charge on any atom is 0.511 e. The maximum absolute atomic E-state index is 13.1. The molecule has 4 aromatic rings. The van der Waals surface area contributed by atoms with Crippen molar-refractivity contribution in [2.24, 2.45) is 0 Å². The van der Waals surface area contributed by atoms with Gasteiger partial charge in [-0.3, -0.25) is 0 Å². The summed E-state index contributed by atoms with van der Waals surface area (Å²) in [5, 5.41) is 10.2. The summed E-state index contributed by atoms with van der Waals surface area (Å²) in [6, 6.07) is 18.5. The lowest BCUT2D eigenvalue weighted by molar-refractivity contribution is 0.144. The van der Waals surface area contributed by atoms with Crippen LogP contribution < -0.4 is 9.47 Å². The van der Waals surface area contributed by atoms with Crippen LogP contribution in [0, 0.1) is 5.82 Å². The second-order valence-electron chi connectivity index (χ2n) is 6.70. The molecule has 0 unspecified atom stereocenters. The van der Waals surface area contributed by atoms with Gasteiger partial charge in [0.05, 0.1) is 6.54 Å². The molecule has 0 fully saturated rings. The molecule has 0 aliphatic rings. The van der Waals surface area contributed by atoms with Crippen LogP contribution in [0.2, 0.25) is 5.02 Å². The van der Waals surface area contributed by atoms with E-state index < -0.39 is 6.16 Å². The monoisotopic (exact) mass is 425 g/mol. The number of aromatic nitrogens is 1. The van der Waals surface area contributed by atoms with Gasteiger partial charge in [0.2, 0.25) is 0 Å². The van der Waals surface area contributed by atoms with Gasteiger partial charge in [0.25, 0.3) is 0 Å². The molecule has 0 radical (unpaired) electrons. The minimum atomic E-state index is -1.35. The highest BCUT2D eigenvalue weighted by atomic mass is 35.5. The molecule has 0 amide bonds. The predicted molar refractivity (Wildman–Crippen MR) is 112 cm³/mol. The molecule has 0 saturated heterocycles. The third-order valence-electron chi connectivity index (χ3n) is 4.62. The van der Waals surface area contributed by atoms with Crippen molar-refractivity contribution < 1.29 is 23.8 Å². The number of hydrogen-bond acceptors (Lipinski definition) is 3. The molecule has 152 valence electrons. The Bertz CT molecular complexity index is 1200. The van der Waals surface area contributed by atoms with Crippen molar-refractivity contribution in [3.05, 3.63) is 94.9 Å². The molecule has 1 heterocycles. The highest BCUT2D eigenvalue weighted by Gasteiger charge is 2.10. The standard InChI is InChI=1S/C23H17ClFNO4/c24-18-3-8-22(29-14-15-1-4-19(25)5-2-15)17(11-18)13-26-10-9-16-12-20(30-23(27)28)6-7-21(16)26/h1-12H,13-14H2,(H,27,28). The highest BCUT2D eigenvalue weighted by molar-refractivity contribution is 6.30. The van der Waals surface area contributed by atoms with E-state index in [2.05, 4.69) is 0 Å². The third kappa shape index (κ3) is 4.55. The zero-order valence-corrected chi connectivity index (χ0v) is 16.5. The van der Waals surface area contributed by atoms with Gasteiger partial charge in [-0.05, 0) is 60.2 Å². The lowest BCUT2D eigenvalue weighted by atomic mass is 10.2. The fourth-order valence-electron chi connectivity index (χ4n) is 3.22. The lowest BCUT2D eigenvalue weighted by Gasteiger charge is -2.14. The fourth-order valence-corrected chi connectivity index (χ4v) is 3.41. The van der Waals surface area contributed by atoms with Gasteiger partial charge < -0.3 is 19.1 Å². The molecule has 5 nitrogen and oxygen atoms in total. The van der Waals surface area contributed by atoms with E-state index in [1.54, 1.807) is 36.4 Å². The number of ether oxygens (including phenoxy) is 2. The van der Waals surface area contributed by atoms with E-state index in [4.69, 9.17) is 26.2 Å². The van der Waals surface area contributed by atoms with Gasteiger partial charge in [-0.15, -0.1) is 0 Å². The summed E-state index contributed by atoms with van der Waals surface area (Å²) < 4.78 is 25.8. The first kappa shape index (κ1) is 19.8. The van der Waals surface area contributed by atoms with E-state index in [0.717, 1.165) is 22.0 Å². The van der Waals surface area contributed by atoms with Gasteiger partial charge in [-0.1, -0.05) is 23.7 Å². The van der Waals surface area contributed by atoms with Crippen LogP contribution in [-0.4, -0.2) is 15.8 Å². The first-order valence-electron chi connectivity index (χ1n) is 9.13. The molecule has 30 heavy (non-hydrogen) atoms. The quantitative estimate of drug-likeness (QED) is 0.298. The van der Waals surface area contributed by atoms with E-state index in [-0.39, 0.29) is 11.6 Å². The Balaban J connectivity index is 1.57. The SMILES string of the molecule is O=C(O)Oc1ccc2c(ccn2Cc2cc(Cl)ccc2OCc2ccc(F)cc2)c1. The molecule has 0 saturated carbocycles. The molecule has 3 aromatic carbocycles. The smallest absolute Gasteiger partial charge is 0.489 e. The molecule has 7 heteroatoms. The number of benzene rings is 3. The van der Waals surface area contributed by atoms with E-state index in [0.29, 0.717) is 23.9 Å². The number of halogens is 2. The summed E-state index contributed by atoms with van der Waals surface area (Å²) in [4.78, 5) is 10.7. The van der Waals surface area contributed by atoms with E-state index >= 15 is 0 Å². The number of carbonyl (C=O) groups is 1. The normalized spacial score (nSPS) is 10.9. The van der Waals surface area contributed by atoms with Gasteiger partial charge in [-0.2, -0.15) is 0 Å². The van der Waals surface area contributed by atoms with Crippen LogP contribution in [0.1, 0.15) is 11.1 Å². The second kappa shape index (κ2) is 8.47. The minimum Gasteiger partial charge on any atom is -0.489 e. The molecule has 1 aromatic heterocycles. The summed E-state index contributed by atoms with van der Waals surface area (Å²) in [7, 11) is 0. The highest BCUT2D eigenvalue weighted by Crippen LogP contribution is 2.28. The van der Waals surface area contributed by atoms with Gasteiger partial charge in [-0.25, -0.2) is 9.18 Å². The average molecular weight is 426 g/mol. The molecular weight excluding hydrogens is 409 g/mol. The minimum absolute atomic E-state index is 0.263. The van der Waals surface area contributed by atoms with E-state index in [9.17, 15) is 9.18 Å². The van der Waals surface area contributed by atoms with Crippen molar-refractivity contribution in [1.82, 2.24) is 4.57 Å². The molecule has 1 N–H and O–H groups in total. The molecule has 0 atom stereocenters.